The first-order valence-corrected chi connectivity index (χ1v) is 6.33. The zero-order valence-corrected chi connectivity index (χ0v) is 11.0. The van der Waals surface area contributed by atoms with E-state index in [1.807, 2.05) is 18.7 Å². The minimum absolute atomic E-state index is 0.0407. The molecule has 0 amide bonds. The van der Waals surface area contributed by atoms with Gasteiger partial charge in [-0.25, -0.2) is 0 Å². The molecule has 0 aromatic carbocycles. The molecular weight excluding hydrogens is 230 g/mol. The average Bonchev–Trinajstić information content (AvgIpc) is 2.67. The van der Waals surface area contributed by atoms with Crippen molar-refractivity contribution in [2.45, 2.75) is 38.8 Å². The van der Waals surface area contributed by atoms with E-state index in [1.54, 1.807) is 0 Å². The van der Waals surface area contributed by atoms with E-state index in [0.717, 1.165) is 43.7 Å². The summed E-state index contributed by atoms with van der Waals surface area (Å²) in [6.07, 6.45) is 3.24. The molecule has 2 heterocycles. The van der Waals surface area contributed by atoms with Crippen LogP contribution in [-0.4, -0.2) is 38.3 Å². The van der Waals surface area contributed by atoms with Crippen molar-refractivity contribution >= 4 is 5.84 Å². The summed E-state index contributed by atoms with van der Waals surface area (Å²) in [6, 6.07) is 2.12. The molecule has 0 radical (unpaired) electrons. The van der Waals surface area contributed by atoms with E-state index in [2.05, 4.69) is 21.2 Å². The van der Waals surface area contributed by atoms with Gasteiger partial charge in [0.1, 0.15) is 0 Å². The summed E-state index contributed by atoms with van der Waals surface area (Å²) in [4.78, 5) is 2.26. The summed E-state index contributed by atoms with van der Waals surface area (Å²) < 4.78 is 1.90. The summed E-state index contributed by atoms with van der Waals surface area (Å²) in [5, 5.41) is 16.4. The van der Waals surface area contributed by atoms with Gasteiger partial charge in [0.05, 0.1) is 17.4 Å². The highest BCUT2D eigenvalue weighted by molar-refractivity contribution is 5.85. The number of hydrogen-bond acceptors (Lipinski definition) is 4. The second kappa shape index (κ2) is 5.39. The molecule has 1 atom stereocenters. The third-order valence-corrected chi connectivity index (χ3v) is 3.53. The van der Waals surface area contributed by atoms with Gasteiger partial charge in [-0.1, -0.05) is 11.6 Å². The van der Waals surface area contributed by atoms with Gasteiger partial charge >= 0.3 is 0 Å². The number of aromatic nitrogens is 2. The van der Waals surface area contributed by atoms with Crippen molar-refractivity contribution in [1.82, 2.24) is 14.7 Å². The van der Waals surface area contributed by atoms with Crippen LogP contribution in [0, 0.1) is 6.92 Å². The van der Waals surface area contributed by atoms with E-state index in [1.165, 1.54) is 0 Å². The van der Waals surface area contributed by atoms with Crippen molar-refractivity contribution in [3.8, 4) is 0 Å². The number of hydrogen-bond donors (Lipinski definition) is 2. The molecule has 6 heteroatoms. The molecule has 3 N–H and O–H groups in total. The maximum Gasteiger partial charge on any atom is 0.156 e. The Morgan fingerprint density at radius 3 is 3.00 bits per heavy atom. The molecular formula is C12H21N5O. The van der Waals surface area contributed by atoms with E-state index in [9.17, 15) is 0 Å². The van der Waals surface area contributed by atoms with Crippen LogP contribution < -0.4 is 5.73 Å². The fourth-order valence-electron chi connectivity index (χ4n) is 2.60. The standard InChI is InChI=1S/C12H21N5O/c1-9-7-10(16(2)14-9)8-17-6-4-3-5-11(17)12(13)15-18/h7,11,18H,3-6,8H2,1-2H3,(H2,13,15). The molecule has 0 aliphatic carbocycles. The summed E-state index contributed by atoms with van der Waals surface area (Å²) in [6.45, 7) is 3.75. The molecule has 2 rings (SSSR count). The Hall–Kier alpha value is -1.56. The smallest absolute Gasteiger partial charge is 0.156 e. The Labute approximate surface area is 107 Å². The third kappa shape index (κ3) is 2.64. The van der Waals surface area contributed by atoms with Gasteiger partial charge in [0, 0.05) is 13.6 Å². The Bertz CT molecular complexity index is 440. The molecule has 18 heavy (non-hydrogen) atoms. The minimum atomic E-state index is 0.0407. The minimum Gasteiger partial charge on any atom is -0.409 e. The first kappa shape index (κ1) is 12.9. The van der Waals surface area contributed by atoms with E-state index < -0.39 is 0 Å². The fraction of sp³-hybridized carbons (Fsp3) is 0.667. The van der Waals surface area contributed by atoms with E-state index in [0.29, 0.717) is 5.84 Å². The second-order valence-electron chi connectivity index (χ2n) is 4.91. The Balaban J connectivity index is 2.12. The largest absolute Gasteiger partial charge is 0.409 e. The quantitative estimate of drug-likeness (QED) is 0.361. The monoisotopic (exact) mass is 251 g/mol. The van der Waals surface area contributed by atoms with Gasteiger partial charge in [0.25, 0.3) is 0 Å². The molecule has 1 saturated heterocycles. The van der Waals surface area contributed by atoms with Crippen LogP contribution in [0.25, 0.3) is 0 Å². The lowest BCUT2D eigenvalue weighted by Gasteiger charge is -2.34. The van der Waals surface area contributed by atoms with Gasteiger partial charge in [-0.3, -0.25) is 9.58 Å². The predicted octanol–water partition coefficient (Wildman–Crippen LogP) is 0.829. The number of piperidine rings is 1. The van der Waals surface area contributed by atoms with Crippen LogP contribution in [-0.2, 0) is 13.6 Å². The molecule has 1 aliphatic heterocycles. The van der Waals surface area contributed by atoms with E-state index in [-0.39, 0.29) is 6.04 Å². The first-order chi connectivity index (χ1) is 8.61. The maximum atomic E-state index is 8.85. The molecule has 6 nitrogen and oxygen atoms in total. The second-order valence-corrected chi connectivity index (χ2v) is 4.91. The number of amidine groups is 1. The highest BCUT2D eigenvalue weighted by atomic mass is 16.4. The molecule has 0 spiro atoms. The van der Waals surface area contributed by atoms with Crippen LogP contribution >= 0.6 is 0 Å². The van der Waals surface area contributed by atoms with E-state index >= 15 is 0 Å². The molecule has 100 valence electrons. The lowest BCUT2D eigenvalue weighted by Crippen LogP contribution is -2.47. The van der Waals surface area contributed by atoms with Gasteiger partial charge in [-0.2, -0.15) is 5.10 Å². The lowest BCUT2D eigenvalue weighted by molar-refractivity contribution is 0.174. The molecule has 1 fully saturated rings. The Morgan fingerprint density at radius 2 is 2.39 bits per heavy atom. The number of oxime groups is 1. The molecule has 0 saturated carbocycles. The normalized spacial score (nSPS) is 22.3. The molecule has 1 aromatic heterocycles. The van der Waals surface area contributed by atoms with Crippen LogP contribution in [0.5, 0.6) is 0 Å². The van der Waals surface area contributed by atoms with Crippen LogP contribution in [0.1, 0.15) is 30.7 Å². The molecule has 1 aliphatic rings. The average molecular weight is 251 g/mol. The number of rotatable bonds is 3. The summed E-state index contributed by atoms with van der Waals surface area (Å²) in [5.41, 5.74) is 7.95. The highest BCUT2D eigenvalue weighted by Crippen LogP contribution is 2.20. The van der Waals surface area contributed by atoms with Crippen molar-refractivity contribution in [1.29, 1.82) is 0 Å². The fourth-order valence-corrected chi connectivity index (χ4v) is 2.60. The van der Waals surface area contributed by atoms with Crippen LogP contribution in [0.3, 0.4) is 0 Å². The predicted molar refractivity (Wildman–Crippen MR) is 69.4 cm³/mol. The summed E-state index contributed by atoms with van der Waals surface area (Å²) in [5.74, 6) is 0.314. The van der Waals surface area contributed by atoms with Crippen LogP contribution in [0.2, 0.25) is 0 Å². The highest BCUT2D eigenvalue weighted by Gasteiger charge is 2.26. The van der Waals surface area contributed by atoms with Gasteiger partial charge in [0.2, 0.25) is 0 Å². The van der Waals surface area contributed by atoms with Gasteiger partial charge in [0.15, 0.2) is 5.84 Å². The topological polar surface area (TPSA) is 79.7 Å². The van der Waals surface area contributed by atoms with Gasteiger partial charge in [-0.15, -0.1) is 0 Å². The number of nitrogens with zero attached hydrogens (tertiary/aromatic N) is 4. The number of nitrogens with two attached hydrogens (primary N) is 1. The maximum absolute atomic E-state index is 8.85. The number of likely N-dealkylation sites (tertiary alicyclic amines) is 1. The van der Waals surface area contributed by atoms with Crippen molar-refractivity contribution in [2.75, 3.05) is 6.54 Å². The van der Waals surface area contributed by atoms with Gasteiger partial charge in [-0.05, 0) is 32.4 Å². The summed E-state index contributed by atoms with van der Waals surface area (Å²) in [7, 11) is 1.95. The Kier molecular flexibility index (Phi) is 3.86. The van der Waals surface area contributed by atoms with Crippen LogP contribution in [0.15, 0.2) is 11.2 Å². The van der Waals surface area contributed by atoms with Crippen molar-refractivity contribution in [2.24, 2.45) is 17.9 Å². The zero-order chi connectivity index (χ0) is 13.1. The van der Waals surface area contributed by atoms with Crippen molar-refractivity contribution in [3.63, 3.8) is 0 Å². The van der Waals surface area contributed by atoms with Crippen molar-refractivity contribution in [3.05, 3.63) is 17.5 Å². The molecule has 1 aromatic rings. The van der Waals surface area contributed by atoms with E-state index in [4.69, 9.17) is 10.9 Å². The zero-order valence-electron chi connectivity index (χ0n) is 11.0. The molecule has 0 bridgehead atoms. The summed E-state index contributed by atoms with van der Waals surface area (Å²) >= 11 is 0. The third-order valence-electron chi connectivity index (χ3n) is 3.53. The molecule has 1 unspecified atom stereocenters. The number of aryl methyl sites for hydroxylation is 2. The lowest BCUT2D eigenvalue weighted by atomic mass is 10.0. The van der Waals surface area contributed by atoms with Crippen LogP contribution in [0.4, 0.5) is 0 Å². The SMILES string of the molecule is Cc1cc(CN2CCCCC2C(N)=NO)n(C)n1. The first-order valence-electron chi connectivity index (χ1n) is 6.33. The Morgan fingerprint density at radius 1 is 1.61 bits per heavy atom. The van der Waals surface area contributed by atoms with Gasteiger partial charge < -0.3 is 10.9 Å². The van der Waals surface area contributed by atoms with Crippen molar-refractivity contribution < 1.29 is 5.21 Å².